The highest BCUT2D eigenvalue weighted by Gasteiger charge is 2.31. The quantitative estimate of drug-likeness (QED) is 0.720. The molecule has 2 aliphatic rings. The topological polar surface area (TPSA) is 27.3 Å². The van der Waals surface area contributed by atoms with Crippen molar-refractivity contribution in [3.63, 3.8) is 0 Å². The SMILES string of the molecule is CN1CCC(C(C)(C)CNCCC2CCNC2)CC1. The minimum Gasteiger partial charge on any atom is -0.316 e. The van der Waals surface area contributed by atoms with E-state index in [1.807, 2.05) is 0 Å². The average Bonchev–Trinajstić information content (AvgIpc) is 2.88. The van der Waals surface area contributed by atoms with Crippen LogP contribution in [0.2, 0.25) is 0 Å². The number of nitrogens with one attached hydrogen (secondary N) is 2. The zero-order valence-electron chi connectivity index (χ0n) is 13.2. The van der Waals surface area contributed by atoms with Gasteiger partial charge in [-0.15, -0.1) is 0 Å². The van der Waals surface area contributed by atoms with Crippen LogP contribution >= 0.6 is 0 Å². The fourth-order valence-corrected chi connectivity index (χ4v) is 3.61. The number of hydrogen-bond acceptors (Lipinski definition) is 3. The Balaban J connectivity index is 1.62. The Morgan fingerprint density at radius 1 is 1.21 bits per heavy atom. The minimum atomic E-state index is 0.454. The molecule has 3 nitrogen and oxygen atoms in total. The summed E-state index contributed by atoms with van der Waals surface area (Å²) < 4.78 is 0. The van der Waals surface area contributed by atoms with Crippen molar-refractivity contribution in [1.29, 1.82) is 0 Å². The van der Waals surface area contributed by atoms with Gasteiger partial charge in [-0.3, -0.25) is 0 Å². The lowest BCUT2D eigenvalue weighted by molar-refractivity contribution is 0.113. The second-order valence-corrected chi connectivity index (χ2v) is 7.39. The minimum absolute atomic E-state index is 0.454. The molecule has 0 saturated carbocycles. The highest BCUT2D eigenvalue weighted by atomic mass is 15.1. The Morgan fingerprint density at radius 2 is 1.95 bits per heavy atom. The van der Waals surface area contributed by atoms with E-state index in [-0.39, 0.29) is 0 Å². The van der Waals surface area contributed by atoms with Crippen molar-refractivity contribution in [2.75, 3.05) is 46.3 Å². The van der Waals surface area contributed by atoms with Gasteiger partial charge in [0.25, 0.3) is 0 Å². The van der Waals surface area contributed by atoms with Crippen LogP contribution in [0.25, 0.3) is 0 Å². The third kappa shape index (κ3) is 4.73. The Kier molecular flexibility index (Phi) is 5.67. The molecular weight excluding hydrogens is 234 g/mol. The first kappa shape index (κ1) is 15.3. The molecule has 19 heavy (non-hydrogen) atoms. The third-order valence-electron chi connectivity index (χ3n) is 5.30. The molecule has 112 valence electrons. The fraction of sp³-hybridized carbons (Fsp3) is 1.00. The number of likely N-dealkylation sites (tertiary alicyclic amines) is 1. The molecule has 1 unspecified atom stereocenters. The van der Waals surface area contributed by atoms with E-state index in [2.05, 4.69) is 36.4 Å². The summed E-state index contributed by atoms with van der Waals surface area (Å²) in [7, 11) is 2.25. The molecule has 2 heterocycles. The molecule has 0 aliphatic carbocycles. The molecule has 0 bridgehead atoms. The molecule has 2 rings (SSSR count). The Labute approximate surface area is 119 Å². The van der Waals surface area contributed by atoms with Gasteiger partial charge in [0.2, 0.25) is 0 Å². The summed E-state index contributed by atoms with van der Waals surface area (Å²) in [6.07, 6.45) is 5.46. The van der Waals surface area contributed by atoms with E-state index >= 15 is 0 Å². The molecule has 0 aromatic rings. The van der Waals surface area contributed by atoms with E-state index in [1.165, 1.54) is 65.0 Å². The molecule has 3 heteroatoms. The second kappa shape index (κ2) is 7.05. The first-order valence-electron chi connectivity index (χ1n) is 8.18. The van der Waals surface area contributed by atoms with Gasteiger partial charge in [-0.05, 0) is 82.7 Å². The lowest BCUT2D eigenvalue weighted by Crippen LogP contribution is -2.42. The van der Waals surface area contributed by atoms with Crippen molar-refractivity contribution in [2.45, 2.75) is 39.5 Å². The molecule has 0 spiro atoms. The Morgan fingerprint density at radius 3 is 2.58 bits per heavy atom. The van der Waals surface area contributed by atoms with Crippen LogP contribution in [0, 0.1) is 17.3 Å². The van der Waals surface area contributed by atoms with E-state index in [1.54, 1.807) is 0 Å². The van der Waals surface area contributed by atoms with Gasteiger partial charge >= 0.3 is 0 Å². The van der Waals surface area contributed by atoms with Crippen LogP contribution in [-0.4, -0.2) is 51.2 Å². The van der Waals surface area contributed by atoms with Gasteiger partial charge in [0.15, 0.2) is 0 Å². The van der Waals surface area contributed by atoms with E-state index < -0.39 is 0 Å². The van der Waals surface area contributed by atoms with Crippen LogP contribution in [0.15, 0.2) is 0 Å². The number of rotatable bonds is 6. The smallest absolute Gasteiger partial charge is 0.000519 e. The lowest BCUT2D eigenvalue weighted by atomic mass is 9.73. The van der Waals surface area contributed by atoms with Gasteiger partial charge < -0.3 is 15.5 Å². The van der Waals surface area contributed by atoms with Crippen LogP contribution in [0.5, 0.6) is 0 Å². The van der Waals surface area contributed by atoms with E-state index in [9.17, 15) is 0 Å². The van der Waals surface area contributed by atoms with Crippen LogP contribution in [0.4, 0.5) is 0 Å². The van der Waals surface area contributed by atoms with Crippen molar-refractivity contribution < 1.29 is 0 Å². The van der Waals surface area contributed by atoms with Gasteiger partial charge in [-0.1, -0.05) is 13.8 Å². The summed E-state index contributed by atoms with van der Waals surface area (Å²) in [6, 6.07) is 0. The summed E-state index contributed by atoms with van der Waals surface area (Å²) in [5, 5.41) is 7.17. The van der Waals surface area contributed by atoms with Gasteiger partial charge in [0, 0.05) is 6.54 Å². The largest absolute Gasteiger partial charge is 0.316 e. The van der Waals surface area contributed by atoms with Crippen LogP contribution in [-0.2, 0) is 0 Å². The summed E-state index contributed by atoms with van der Waals surface area (Å²) >= 11 is 0. The highest BCUT2D eigenvalue weighted by Crippen LogP contribution is 2.34. The molecule has 0 aromatic carbocycles. The van der Waals surface area contributed by atoms with Crippen molar-refractivity contribution in [3.05, 3.63) is 0 Å². The summed E-state index contributed by atoms with van der Waals surface area (Å²) in [5.41, 5.74) is 0.454. The van der Waals surface area contributed by atoms with Crippen LogP contribution in [0.1, 0.15) is 39.5 Å². The normalized spacial score (nSPS) is 27.0. The Hall–Kier alpha value is -0.120. The molecule has 0 radical (unpaired) electrons. The predicted molar refractivity (Wildman–Crippen MR) is 82.5 cm³/mol. The maximum absolute atomic E-state index is 3.72. The lowest BCUT2D eigenvalue weighted by Gasteiger charge is -2.40. The highest BCUT2D eigenvalue weighted by molar-refractivity contribution is 4.84. The third-order valence-corrected chi connectivity index (χ3v) is 5.30. The molecule has 0 amide bonds. The van der Waals surface area contributed by atoms with E-state index in [4.69, 9.17) is 0 Å². The van der Waals surface area contributed by atoms with Crippen molar-refractivity contribution >= 4 is 0 Å². The molecule has 1 atom stereocenters. The molecule has 0 aromatic heterocycles. The van der Waals surface area contributed by atoms with Gasteiger partial charge in [0.05, 0.1) is 0 Å². The molecule has 2 aliphatic heterocycles. The Bertz CT molecular complexity index is 251. The first-order valence-corrected chi connectivity index (χ1v) is 8.18. The molecule has 2 saturated heterocycles. The second-order valence-electron chi connectivity index (χ2n) is 7.39. The number of nitrogens with zero attached hydrogens (tertiary/aromatic N) is 1. The van der Waals surface area contributed by atoms with Crippen molar-refractivity contribution in [3.8, 4) is 0 Å². The maximum Gasteiger partial charge on any atom is 0.000519 e. The maximum atomic E-state index is 3.72. The zero-order valence-corrected chi connectivity index (χ0v) is 13.2. The van der Waals surface area contributed by atoms with E-state index in [0.29, 0.717) is 5.41 Å². The van der Waals surface area contributed by atoms with Crippen molar-refractivity contribution in [1.82, 2.24) is 15.5 Å². The van der Waals surface area contributed by atoms with Crippen molar-refractivity contribution in [2.24, 2.45) is 17.3 Å². The van der Waals surface area contributed by atoms with Crippen LogP contribution in [0.3, 0.4) is 0 Å². The molecular formula is C16H33N3. The summed E-state index contributed by atoms with van der Waals surface area (Å²) in [6.45, 7) is 12.3. The molecule has 2 N–H and O–H groups in total. The zero-order chi connectivity index (χ0) is 13.7. The fourth-order valence-electron chi connectivity index (χ4n) is 3.61. The average molecular weight is 267 g/mol. The standard InChI is InChI=1S/C16H33N3/c1-16(2,15-6-10-19(3)11-7-15)13-18-9-5-14-4-8-17-12-14/h14-15,17-18H,4-13H2,1-3H3. The van der Waals surface area contributed by atoms with Crippen LogP contribution < -0.4 is 10.6 Å². The van der Waals surface area contributed by atoms with Gasteiger partial charge in [-0.25, -0.2) is 0 Å². The first-order chi connectivity index (χ1) is 9.08. The number of hydrogen-bond donors (Lipinski definition) is 2. The monoisotopic (exact) mass is 267 g/mol. The van der Waals surface area contributed by atoms with E-state index in [0.717, 1.165) is 11.8 Å². The number of piperidine rings is 1. The summed E-state index contributed by atoms with van der Waals surface area (Å²) in [4.78, 5) is 2.47. The summed E-state index contributed by atoms with van der Waals surface area (Å²) in [5.74, 6) is 1.81. The molecule has 2 fully saturated rings. The van der Waals surface area contributed by atoms with Gasteiger partial charge in [0.1, 0.15) is 0 Å². The predicted octanol–water partition coefficient (Wildman–Crippen LogP) is 1.94. The van der Waals surface area contributed by atoms with Gasteiger partial charge in [-0.2, -0.15) is 0 Å².